The molecule has 5 heteroatoms. The SMILES string of the molecule is COc1cccc(C(C)CC(CN)C(=O)O)c1OC. The zero-order valence-corrected chi connectivity index (χ0v) is 11.6. The number of methoxy groups -OCH3 is 2. The molecule has 1 rings (SSSR count). The third kappa shape index (κ3) is 3.61. The van der Waals surface area contributed by atoms with Gasteiger partial charge in [0, 0.05) is 12.1 Å². The third-order valence-corrected chi connectivity index (χ3v) is 3.24. The Hall–Kier alpha value is -1.75. The van der Waals surface area contributed by atoms with Gasteiger partial charge in [-0.25, -0.2) is 0 Å². The van der Waals surface area contributed by atoms with Gasteiger partial charge in [0.05, 0.1) is 20.1 Å². The molecule has 0 aliphatic rings. The molecule has 0 amide bonds. The van der Waals surface area contributed by atoms with Crippen LogP contribution >= 0.6 is 0 Å². The van der Waals surface area contributed by atoms with Crippen LogP contribution < -0.4 is 15.2 Å². The molecule has 0 fully saturated rings. The smallest absolute Gasteiger partial charge is 0.307 e. The maximum absolute atomic E-state index is 11.0. The molecule has 0 bridgehead atoms. The van der Waals surface area contributed by atoms with E-state index >= 15 is 0 Å². The molecular formula is C14H21NO4. The zero-order valence-electron chi connectivity index (χ0n) is 11.6. The molecule has 19 heavy (non-hydrogen) atoms. The van der Waals surface area contributed by atoms with Crippen LogP contribution in [0.15, 0.2) is 18.2 Å². The number of nitrogens with two attached hydrogens (primary N) is 1. The summed E-state index contributed by atoms with van der Waals surface area (Å²) in [5.41, 5.74) is 6.42. The molecule has 3 N–H and O–H groups in total. The number of carboxylic acids is 1. The summed E-state index contributed by atoms with van der Waals surface area (Å²) in [6.45, 7) is 2.09. The molecule has 106 valence electrons. The van der Waals surface area contributed by atoms with Gasteiger partial charge in [0.1, 0.15) is 0 Å². The Morgan fingerprint density at radius 2 is 2.05 bits per heavy atom. The van der Waals surface area contributed by atoms with Crippen LogP contribution in [0.4, 0.5) is 0 Å². The number of carbonyl (C=O) groups is 1. The average Bonchev–Trinajstić information content (AvgIpc) is 2.42. The summed E-state index contributed by atoms with van der Waals surface area (Å²) >= 11 is 0. The van der Waals surface area contributed by atoms with E-state index in [-0.39, 0.29) is 12.5 Å². The molecule has 1 aromatic rings. The molecule has 0 heterocycles. The minimum atomic E-state index is -0.865. The van der Waals surface area contributed by atoms with Crippen molar-refractivity contribution in [2.24, 2.45) is 11.7 Å². The van der Waals surface area contributed by atoms with E-state index in [1.165, 1.54) is 0 Å². The first-order valence-electron chi connectivity index (χ1n) is 6.18. The molecule has 0 aromatic heterocycles. The van der Waals surface area contributed by atoms with Crippen molar-refractivity contribution in [2.75, 3.05) is 20.8 Å². The number of hydrogen-bond donors (Lipinski definition) is 2. The maximum atomic E-state index is 11.0. The van der Waals surface area contributed by atoms with Crippen molar-refractivity contribution in [2.45, 2.75) is 19.3 Å². The largest absolute Gasteiger partial charge is 0.493 e. The predicted octanol–water partition coefficient (Wildman–Crippen LogP) is 1.86. The summed E-state index contributed by atoms with van der Waals surface area (Å²) in [7, 11) is 3.15. The van der Waals surface area contributed by atoms with E-state index in [4.69, 9.17) is 20.3 Å². The van der Waals surface area contributed by atoms with Crippen molar-refractivity contribution in [3.63, 3.8) is 0 Å². The van der Waals surface area contributed by atoms with E-state index in [0.29, 0.717) is 17.9 Å². The molecule has 5 nitrogen and oxygen atoms in total. The molecule has 1 aromatic carbocycles. The summed E-state index contributed by atoms with van der Waals surface area (Å²) < 4.78 is 10.6. The van der Waals surface area contributed by atoms with Crippen molar-refractivity contribution in [3.05, 3.63) is 23.8 Å². The first-order valence-corrected chi connectivity index (χ1v) is 6.18. The van der Waals surface area contributed by atoms with Crippen molar-refractivity contribution >= 4 is 5.97 Å². The van der Waals surface area contributed by atoms with Crippen LogP contribution in [0.25, 0.3) is 0 Å². The van der Waals surface area contributed by atoms with E-state index in [9.17, 15) is 4.79 Å². The van der Waals surface area contributed by atoms with Gasteiger partial charge in [-0.15, -0.1) is 0 Å². The summed E-state index contributed by atoms with van der Waals surface area (Å²) in [4.78, 5) is 11.0. The quantitative estimate of drug-likeness (QED) is 0.788. The van der Waals surface area contributed by atoms with Gasteiger partial charge in [-0.05, 0) is 18.4 Å². The Morgan fingerprint density at radius 1 is 1.37 bits per heavy atom. The van der Waals surface area contributed by atoms with Crippen LogP contribution in [0.1, 0.15) is 24.8 Å². The fourth-order valence-corrected chi connectivity index (χ4v) is 2.15. The molecule has 0 saturated heterocycles. The van der Waals surface area contributed by atoms with Crippen LogP contribution in [0.2, 0.25) is 0 Å². The minimum absolute atomic E-state index is 0.0229. The van der Waals surface area contributed by atoms with Crippen molar-refractivity contribution in [1.29, 1.82) is 0 Å². The minimum Gasteiger partial charge on any atom is -0.493 e. The second-order valence-corrected chi connectivity index (χ2v) is 4.49. The lowest BCUT2D eigenvalue weighted by atomic mass is 9.89. The zero-order chi connectivity index (χ0) is 14.4. The van der Waals surface area contributed by atoms with Crippen LogP contribution in [0.3, 0.4) is 0 Å². The Bertz CT molecular complexity index is 433. The fourth-order valence-electron chi connectivity index (χ4n) is 2.15. The van der Waals surface area contributed by atoms with E-state index in [1.54, 1.807) is 14.2 Å². The Balaban J connectivity index is 2.99. The van der Waals surface area contributed by atoms with Gasteiger partial charge < -0.3 is 20.3 Å². The van der Waals surface area contributed by atoms with Crippen molar-refractivity contribution in [3.8, 4) is 11.5 Å². The standard InChI is InChI=1S/C14H21NO4/c1-9(7-10(8-15)14(16)17)11-5-4-6-12(18-2)13(11)19-3/h4-6,9-10H,7-8,15H2,1-3H3,(H,16,17). The molecule has 0 aliphatic heterocycles. The van der Waals surface area contributed by atoms with Crippen LogP contribution in [0.5, 0.6) is 11.5 Å². The number of para-hydroxylation sites is 1. The topological polar surface area (TPSA) is 81.8 Å². The third-order valence-electron chi connectivity index (χ3n) is 3.24. The number of carboxylic acid groups (broad SMARTS) is 1. The summed E-state index contributed by atoms with van der Waals surface area (Å²) in [6, 6.07) is 5.60. The fraction of sp³-hybridized carbons (Fsp3) is 0.500. The molecule has 0 saturated carbocycles. The highest BCUT2D eigenvalue weighted by Gasteiger charge is 2.22. The first kappa shape index (κ1) is 15.3. The lowest BCUT2D eigenvalue weighted by Crippen LogP contribution is -2.24. The second kappa shape index (κ2) is 6.99. The number of rotatable bonds is 7. The summed E-state index contributed by atoms with van der Waals surface area (Å²) in [5.74, 6) is -0.0954. The van der Waals surface area contributed by atoms with E-state index in [0.717, 1.165) is 5.56 Å². The van der Waals surface area contributed by atoms with Gasteiger partial charge in [0.15, 0.2) is 11.5 Å². The molecule has 0 spiro atoms. The highest BCUT2D eigenvalue weighted by Crippen LogP contribution is 2.37. The Morgan fingerprint density at radius 3 is 2.53 bits per heavy atom. The predicted molar refractivity (Wildman–Crippen MR) is 72.8 cm³/mol. The van der Waals surface area contributed by atoms with Gasteiger partial charge in [-0.2, -0.15) is 0 Å². The second-order valence-electron chi connectivity index (χ2n) is 4.49. The Labute approximate surface area is 113 Å². The molecule has 2 atom stereocenters. The van der Waals surface area contributed by atoms with E-state index in [1.807, 2.05) is 25.1 Å². The van der Waals surface area contributed by atoms with Crippen molar-refractivity contribution in [1.82, 2.24) is 0 Å². The molecule has 2 unspecified atom stereocenters. The average molecular weight is 267 g/mol. The molecule has 0 aliphatic carbocycles. The van der Waals surface area contributed by atoms with Crippen LogP contribution in [-0.4, -0.2) is 31.8 Å². The van der Waals surface area contributed by atoms with E-state index < -0.39 is 11.9 Å². The van der Waals surface area contributed by atoms with Gasteiger partial charge in [-0.1, -0.05) is 19.1 Å². The molecule has 0 radical (unpaired) electrons. The lowest BCUT2D eigenvalue weighted by Gasteiger charge is -2.20. The summed E-state index contributed by atoms with van der Waals surface area (Å²) in [6.07, 6.45) is 0.468. The van der Waals surface area contributed by atoms with Gasteiger partial charge in [0.2, 0.25) is 0 Å². The first-order chi connectivity index (χ1) is 9.04. The van der Waals surface area contributed by atoms with Gasteiger partial charge >= 0.3 is 5.97 Å². The lowest BCUT2D eigenvalue weighted by molar-refractivity contribution is -0.141. The number of hydrogen-bond acceptors (Lipinski definition) is 4. The van der Waals surface area contributed by atoms with Gasteiger partial charge in [-0.3, -0.25) is 4.79 Å². The highest BCUT2D eigenvalue weighted by atomic mass is 16.5. The number of aliphatic carboxylic acids is 1. The van der Waals surface area contributed by atoms with Crippen LogP contribution in [-0.2, 0) is 4.79 Å². The summed E-state index contributed by atoms with van der Waals surface area (Å²) in [5, 5.41) is 9.06. The highest BCUT2D eigenvalue weighted by molar-refractivity contribution is 5.70. The monoisotopic (exact) mass is 267 g/mol. The Kier molecular flexibility index (Phi) is 5.63. The van der Waals surface area contributed by atoms with E-state index in [2.05, 4.69) is 0 Å². The van der Waals surface area contributed by atoms with Gasteiger partial charge in [0.25, 0.3) is 0 Å². The van der Waals surface area contributed by atoms with Crippen LogP contribution in [0, 0.1) is 5.92 Å². The maximum Gasteiger partial charge on any atom is 0.307 e. The number of ether oxygens (including phenoxy) is 2. The van der Waals surface area contributed by atoms with Crippen molar-refractivity contribution < 1.29 is 19.4 Å². The molecular weight excluding hydrogens is 246 g/mol. The number of benzene rings is 1. The normalized spacial score (nSPS) is 13.7.